The van der Waals surface area contributed by atoms with Gasteiger partial charge in [0, 0.05) is 12.3 Å². The molecule has 120 valence electrons. The van der Waals surface area contributed by atoms with E-state index in [1.54, 1.807) is 18.4 Å². The summed E-state index contributed by atoms with van der Waals surface area (Å²) in [5.41, 5.74) is 3.10. The van der Waals surface area contributed by atoms with Crippen LogP contribution in [0.25, 0.3) is 11.5 Å². The van der Waals surface area contributed by atoms with Gasteiger partial charge in [-0.1, -0.05) is 12.1 Å². The molecule has 2 aromatic heterocycles. The molecule has 2 heterocycles. The number of thiophene rings is 1. The molecule has 0 atom stereocenters. The lowest BCUT2D eigenvalue weighted by Crippen LogP contribution is -2.12. The molecule has 23 heavy (non-hydrogen) atoms. The third-order valence-corrected chi connectivity index (χ3v) is 6.27. The Labute approximate surface area is 138 Å². The van der Waals surface area contributed by atoms with E-state index in [-0.39, 0.29) is 4.21 Å². The number of rotatable bonds is 4. The molecular weight excluding hydrogens is 334 g/mol. The van der Waals surface area contributed by atoms with Gasteiger partial charge in [-0.2, -0.15) is 0 Å². The Morgan fingerprint density at radius 3 is 2.65 bits per heavy atom. The summed E-state index contributed by atoms with van der Waals surface area (Å²) in [7, 11) is -3.65. The molecule has 1 N–H and O–H groups in total. The van der Waals surface area contributed by atoms with Gasteiger partial charge in [-0.3, -0.25) is 4.72 Å². The van der Waals surface area contributed by atoms with Gasteiger partial charge in [0.25, 0.3) is 10.0 Å². The lowest BCUT2D eigenvalue weighted by atomic mass is 10.1. The number of aromatic nitrogens is 2. The summed E-state index contributed by atoms with van der Waals surface area (Å²) in [5, 5.41) is 9.33. The minimum atomic E-state index is -3.65. The van der Waals surface area contributed by atoms with Crippen LogP contribution in [-0.2, 0) is 10.0 Å². The van der Waals surface area contributed by atoms with Gasteiger partial charge in [0.05, 0.1) is 11.3 Å². The Bertz CT molecular complexity index is 958. The van der Waals surface area contributed by atoms with Gasteiger partial charge in [-0.25, -0.2) is 8.42 Å². The molecule has 0 bridgehead atoms. The predicted molar refractivity (Wildman–Crippen MR) is 89.1 cm³/mol. The molecule has 0 aliphatic rings. The zero-order valence-corrected chi connectivity index (χ0v) is 14.5. The van der Waals surface area contributed by atoms with Crippen molar-refractivity contribution in [3.63, 3.8) is 0 Å². The molecule has 1 aromatic carbocycles. The smallest absolute Gasteiger partial charge is 0.271 e. The molecule has 0 aliphatic heterocycles. The molecule has 0 aliphatic carbocycles. The molecule has 0 saturated heterocycles. The number of sulfonamides is 1. The molecule has 0 amide bonds. The van der Waals surface area contributed by atoms with Gasteiger partial charge < -0.3 is 4.42 Å². The van der Waals surface area contributed by atoms with Gasteiger partial charge in [0.1, 0.15) is 4.21 Å². The van der Waals surface area contributed by atoms with Crippen LogP contribution in [0.3, 0.4) is 0 Å². The van der Waals surface area contributed by atoms with Crippen molar-refractivity contribution in [1.82, 2.24) is 10.2 Å². The van der Waals surface area contributed by atoms with E-state index in [9.17, 15) is 8.42 Å². The number of nitrogens with one attached hydrogen (secondary N) is 1. The minimum Gasteiger partial charge on any atom is -0.421 e. The lowest BCUT2D eigenvalue weighted by Gasteiger charge is -2.10. The third kappa shape index (κ3) is 3.13. The summed E-state index contributed by atoms with van der Waals surface area (Å²) in [4.78, 5) is 0. The third-order valence-electron chi connectivity index (χ3n) is 3.46. The first kappa shape index (κ1) is 15.7. The Morgan fingerprint density at radius 2 is 1.96 bits per heavy atom. The minimum absolute atomic E-state index is 0.198. The van der Waals surface area contributed by atoms with Crippen molar-refractivity contribution in [3.05, 3.63) is 46.7 Å². The van der Waals surface area contributed by atoms with Crippen LogP contribution in [-0.4, -0.2) is 18.6 Å². The molecule has 3 aromatic rings. The summed E-state index contributed by atoms with van der Waals surface area (Å²) >= 11 is 1.11. The van der Waals surface area contributed by atoms with Crippen molar-refractivity contribution < 1.29 is 12.8 Å². The van der Waals surface area contributed by atoms with E-state index in [1.807, 2.05) is 26.0 Å². The van der Waals surface area contributed by atoms with E-state index in [2.05, 4.69) is 14.9 Å². The highest BCUT2D eigenvalue weighted by molar-refractivity contribution is 7.94. The zero-order valence-electron chi connectivity index (χ0n) is 12.8. The van der Waals surface area contributed by atoms with Crippen LogP contribution in [0.1, 0.15) is 17.0 Å². The van der Waals surface area contributed by atoms with Gasteiger partial charge in [-0.05, 0) is 37.1 Å². The summed E-state index contributed by atoms with van der Waals surface area (Å²) < 4.78 is 33.2. The normalized spacial score (nSPS) is 11.6. The van der Waals surface area contributed by atoms with E-state index in [1.165, 1.54) is 6.07 Å². The van der Waals surface area contributed by atoms with Crippen LogP contribution in [0.15, 0.2) is 38.3 Å². The maximum absolute atomic E-state index is 12.5. The molecule has 0 spiro atoms. The van der Waals surface area contributed by atoms with Crippen molar-refractivity contribution in [2.24, 2.45) is 0 Å². The van der Waals surface area contributed by atoms with E-state index in [0.29, 0.717) is 23.0 Å². The molecule has 8 heteroatoms. The summed E-state index contributed by atoms with van der Waals surface area (Å²) in [5.74, 6) is 0.746. The van der Waals surface area contributed by atoms with E-state index in [0.717, 1.165) is 22.5 Å². The fraction of sp³-hybridized carbons (Fsp3) is 0.200. The second-order valence-electron chi connectivity index (χ2n) is 5.13. The first-order valence-electron chi connectivity index (χ1n) is 6.85. The molecular formula is C15H15N3O3S2. The number of hydrogen-bond donors (Lipinski definition) is 1. The van der Waals surface area contributed by atoms with Gasteiger partial charge in [0.2, 0.25) is 11.8 Å². The Hall–Kier alpha value is -2.19. The van der Waals surface area contributed by atoms with Crippen LogP contribution in [0.2, 0.25) is 0 Å². The van der Waals surface area contributed by atoms with Crippen molar-refractivity contribution in [2.45, 2.75) is 25.0 Å². The summed E-state index contributed by atoms with van der Waals surface area (Å²) in [6, 6.07) is 7.04. The summed E-state index contributed by atoms with van der Waals surface area (Å²) in [6.07, 6.45) is 0. The van der Waals surface area contributed by atoms with Crippen LogP contribution < -0.4 is 4.72 Å². The van der Waals surface area contributed by atoms with E-state index < -0.39 is 10.0 Å². The maximum Gasteiger partial charge on any atom is 0.271 e. The Kier molecular flexibility index (Phi) is 3.95. The Balaban J connectivity index is 1.91. The highest BCUT2D eigenvalue weighted by Crippen LogP contribution is 2.30. The molecule has 0 unspecified atom stereocenters. The second-order valence-corrected chi connectivity index (χ2v) is 7.95. The topological polar surface area (TPSA) is 85.1 Å². The van der Waals surface area contributed by atoms with Crippen molar-refractivity contribution in [2.75, 3.05) is 4.72 Å². The Morgan fingerprint density at radius 1 is 1.17 bits per heavy atom. The van der Waals surface area contributed by atoms with Crippen LogP contribution >= 0.6 is 11.3 Å². The number of aryl methyl sites for hydroxylation is 2. The molecule has 0 fully saturated rings. The largest absolute Gasteiger partial charge is 0.421 e. The predicted octanol–water partition coefficient (Wildman–Crippen LogP) is 3.52. The maximum atomic E-state index is 12.5. The van der Waals surface area contributed by atoms with Crippen molar-refractivity contribution in [1.29, 1.82) is 0 Å². The fourth-order valence-electron chi connectivity index (χ4n) is 2.04. The fourth-order valence-corrected chi connectivity index (χ4v) is 4.32. The van der Waals surface area contributed by atoms with Gasteiger partial charge in [-0.15, -0.1) is 21.5 Å². The molecule has 3 rings (SSSR count). The quantitative estimate of drug-likeness (QED) is 0.779. The zero-order chi connectivity index (χ0) is 16.6. The standard InChI is InChI=1S/C15H15N3O3S2/c1-9-5-4-6-13(10(9)2)18-23(19,20)14-7-12(8-22-14)15-17-16-11(3)21-15/h4-8,18H,1-3H3. The van der Waals surface area contributed by atoms with Crippen LogP contribution in [0, 0.1) is 20.8 Å². The van der Waals surface area contributed by atoms with Crippen LogP contribution in [0.4, 0.5) is 5.69 Å². The molecule has 0 radical (unpaired) electrons. The van der Waals surface area contributed by atoms with Gasteiger partial charge >= 0.3 is 0 Å². The highest BCUT2D eigenvalue weighted by atomic mass is 32.2. The average molecular weight is 349 g/mol. The van der Waals surface area contributed by atoms with Crippen molar-refractivity contribution in [3.8, 4) is 11.5 Å². The SMILES string of the molecule is Cc1nnc(-c2csc(S(=O)(=O)Nc3cccc(C)c3C)c2)o1. The van der Waals surface area contributed by atoms with E-state index in [4.69, 9.17) is 4.42 Å². The number of nitrogens with zero attached hydrogens (tertiary/aromatic N) is 2. The lowest BCUT2D eigenvalue weighted by molar-refractivity contribution is 0.533. The second kappa shape index (κ2) is 5.78. The number of anilines is 1. The first-order chi connectivity index (χ1) is 10.9. The number of benzene rings is 1. The monoisotopic (exact) mass is 349 g/mol. The number of hydrogen-bond acceptors (Lipinski definition) is 6. The van der Waals surface area contributed by atoms with E-state index >= 15 is 0 Å². The molecule has 6 nitrogen and oxygen atoms in total. The molecule has 0 saturated carbocycles. The summed E-state index contributed by atoms with van der Waals surface area (Å²) in [6.45, 7) is 5.51. The van der Waals surface area contributed by atoms with Gasteiger partial charge in [0.15, 0.2) is 0 Å². The van der Waals surface area contributed by atoms with Crippen molar-refractivity contribution >= 4 is 27.0 Å². The highest BCUT2D eigenvalue weighted by Gasteiger charge is 2.20. The first-order valence-corrected chi connectivity index (χ1v) is 9.21. The average Bonchev–Trinajstić information content (AvgIpc) is 3.12. The van der Waals surface area contributed by atoms with Crippen LogP contribution in [0.5, 0.6) is 0 Å².